The van der Waals surface area contributed by atoms with Crippen LogP contribution in [-0.4, -0.2) is 28.1 Å². The number of furan rings is 1. The molecular formula is C21H19N3O2. The molecular weight excluding hydrogens is 326 g/mol. The molecule has 130 valence electrons. The zero-order chi connectivity index (χ0) is 18.1. The Kier molecular flexibility index (Phi) is 4.05. The lowest BCUT2D eigenvalue weighted by Gasteiger charge is -2.22. The average molecular weight is 345 g/mol. The fourth-order valence-electron chi connectivity index (χ4n) is 2.95. The Labute approximate surface area is 151 Å². The molecule has 0 saturated heterocycles. The van der Waals surface area contributed by atoms with E-state index in [2.05, 4.69) is 10.2 Å². The van der Waals surface area contributed by atoms with E-state index < -0.39 is 0 Å². The summed E-state index contributed by atoms with van der Waals surface area (Å²) < 4.78 is 5.89. The van der Waals surface area contributed by atoms with Gasteiger partial charge in [-0.3, -0.25) is 9.89 Å². The first-order valence-electron chi connectivity index (χ1n) is 8.50. The summed E-state index contributed by atoms with van der Waals surface area (Å²) in [6.07, 6.45) is 0. The van der Waals surface area contributed by atoms with E-state index in [9.17, 15) is 4.79 Å². The lowest BCUT2D eigenvalue weighted by Crippen LogP contribution is -2.29. The Morgan fingerprint density at radius 3 is 2.58 bits per heavy atom. The molecule has 0 aliphatic carbocycles. The highest BCUT2D eigenvalue weighted by atomic mass is 16.3. The maximum absolute atomic E-state index is 12.8. The van der Waals surface area contributed by atoms with E-state index in [0.717, 1.165) is 28.0 Å². The third-order valence-corrected chi connectivity index (χ3v) is 4.64. The fraction of sp³-hybridized carbons (Fsp3) is 0.143. The van der Waals surface area contributed by atoms with E-state index in [1.165, 1.54) is 0 Å². The van der Waals surface area contributed by atoms with Gasteiger partial charge in [-0.05, 0) is 25.1 Å². The molecule has 2 heterocycles. The van der Waals surface area contributed by atoms with Crippen LogP contribution in [0.2, 0.25) is 0 Å². The van der Waals surface area contributed by atoms with Crippen molar-refractivity contribution in [1.82, 2.24) is 15.1 Å². The molecule has 1 unspecified atom stereocenters. The second-order valence-corrected chi connectivity index (χ2v) is 6.31. The molecule has 0 radical (unpaired) electrons. The van der Waals surface area contributed by atoms with Crippen molar-refractivity contribution >= 4 is 16.9 Å². The van der Waals surface area contributed by atoms with Crippen molar-refractivity contribution in [2.45, 2.75) is 13.0 Å². The quantitative estimate of drug-likeness (QED) is 0.585. The maximum atomic E-state index is 12.8. The highest BCUT2D eigenvalue weighted by molar-refractivity contribution is 5.93. The summed E-state index contributed by atoms with van der Waals surface area (Å²) in [5.41, 5.74) is 2.99. The number of aromatic nitrogens is 2. The summed E-state index contributed by atoms with van der Waals surface area (Å²) >= 11 is 0. The molecule has 1 amide bonds. The summed E-state index contributed by atoms with van der Waals surface area (Å²) in [5.74, 6) is 0.623. The first-order valence-corrected chi connectivity index (χ1v) is 8.50. The molecule has 0 aliphatic rings. The van der Waals surface area contributed by atoms with E-state index >= 15 is 0 Å². The van der Waals surface area contributed by atoms with Gasteiger partial charge in [-0.15, -0.1) is 0 Å². The van der Waals surface area contributed by atoms with Crippen LogP contribution in [-0.2, 0) is 0 Å². The largest absolute Gasteiger partial charge is 0.459 e. The van der Waals surface area contributed by atoms with Gasteiger partial charge in [0.2, 0.25) is 0 Å². The molecule has 0 aliphatic heterocycles. The number of hydrogen-bond acceptors (Lipinski definition) is 3. The molecule has 26 heavy (non-hydrogen) atoms. The highest BCUT2D eigenvalue weighted by Gasteiger charge is 2.23. The Balaban J connectivity index is 1.56. The number of fused-ring (bicyclic) bond motifs is 1. The average Bonchev–Trinajstić information content (AvgIpc) is 3.34. The van der Waals surface area contributed by atoms with Crippen molar-refractivity contribution in [3.05, 3.63) is 78.2 Å². The minimum atomic E-state index is -0.196. The van der Waals surface area contributed by atoms with Crippen LogP contribution in [0.1, 0.15) is 29.2 Å². The van der Waals surface area contributed by atoms with E-state index in [1.807, 2.05) is 67.6 Å². The number of nitrogens with one attached hydrogen (secondary N) is 1. The monoisotopic (exact) mass is 345 g/mol. The van der Waals surface area contributed by atoms with Crippen molar-refractivity contribution in [3.63, 3.8) is 0 Å². The summed E-state index contributed by atoms with van der Waals surface area (Å²) in [4.78, 5) is 14.5. The van der Waals surface area contributed by atoms with Gasteiger partial charge < -0.3 is 9.32 Å². The molecule has 0 saturated carbocycles. The standard InChI is InChI=1S/C21H19N3O2/c1-14(20-12-16-10-6-7-11-19(16)26-20)24(2)21(25)18-13-17(22-23-18)15-8-4-3-5-9-15/h3-14H,1-2H3,(H,22,23). The number of rotatable bonds is 4. The molecule has 0 spiro atoms. The topological polar surface area (TPSA) is 62.1 Å². The minimum absolute atomic E-state index is 0.132. The highest BCUT2D eigenvalue weighted by Crippen LogP contribution is 2.27. The first-order chi connectivity index (χ1) is 12.6. The van der Waals surface area contributed by atoms with E-state index in [0.29, 0.717) is 5.69 Å². The number of carbonyl (C=O) groups is 1. The molecule has 1 atom stereocenters. The molecule has 0 bridgehead atoms. The van der Waals surface area contributed by atoms with Crippen molar-refractivity contribution < 1.29 is 9.21 Å². The van der Waals surface area contributed by atoms with Gasteiger partial charge in [0.15, 0.2) is 0 Å². The Morgan fingerprint density at radius 2 is 1.81 bits per heavy atom. The normalized spacial score (nSPS) is 12.2. The predicted molar refractivity (Wildman–Crippen MR) is 101 cm³/mol. The lowest BCUT2D eigenvalue weighted by molar-refractivity contribution is 0.0721. The van der Waals surface area contributed by atoms with Gasteiger partial charge in [-0.2, -0.15) is 5.10 Å². The number of H-pyrrole nitrogens is 1. The molecule has 4 aromatic rings. The van der Waals surface area contributed by atoms with Crippen molar-refractivity contribution in [2.24, 2.45) is 0 Å². The van der Waals surface area contributed by atoms with Gasteiger partial charge in [0.05, 0.1) is 11.7 Å². The minimum Gasteiger partial charge on any atom is -0.459 e. The van der Waals surface area contributed by atoms with Crippen LogP contribution < -0.4 is 0 Å². The third kappa shape index (κ3) is 2.88. The predicted octanol–water partition coefficient (Wildman–Crippen LogP) is 4.66. The summed E-state index contributed by atoms with van der Waals surface area (Å²) in [6, 6.07) is 21.2. The fourth-order valence-corrected chi connectivity index (χ4v) is 2.95. The maximum Gasteiger partial charge on any atom is 0.272 e. The molecule has 5 heteroatoms. The van der Waals surface area contributed by atoms with Crippen LogP contribution in [0.15, 0.2) is 71.1 Å². The van der Waals surface area contributed by atoms with Crippen LogP contribution in [0, 0.1) is 0 Å². The van der Waals surface area contributed by atoms with Gasteiger partial charge in [0, 0.05) is 18.0 Å². The van der Waals surface area contributed by atoms with Crippen LogP contribution >= 0.6 is 0 Å². The summed E-state index contributed by atoms with van der Waals surface area (Å²) in [7, 11) is 1.77. The van der Waals surface area contributed by atoms with Crippen molar-refractivity contribution in [3.8, 4) is 11.3 Å². The zero-order valence-electron chi connectivity index (χ0n) is 14.6. The number of hydrogen-bond donors (Lipinski definition) is 1. The van der Waals surface area contributed by atoms with Crippen molar-refractivity contribution in [1.29, 1.82) is 0 Å². The van der Waals surface area contributed by atoms with Crippen LogP contribution in [0.5, 0.6) is 0 Å². The molecule has 5 nitrogen and oxygen atoms in total. The lowest BCUT2D eigenvalue weighted by atomic mass is 10.1. The Hall–Kier alpha value is -3.34. The van der Waals surface area contributed by atoms with Crippen LogP contribution in [0.3, 0.4) is 0 Å². The second kappa shape index (κ2) is 6.52. The second-order valence-electron chi connectivity index (χ2n) is 6.31. The smallest absolute Gasteiger partial charge is 0.272 e. The number of benzene rings is 2. The molecule has 0 fully saturated rings. The third-order valence-electron chi connectivity index (χ3n) is 4.64. The molecule has 4 rings (SSSR count). The molecule has 2 aromatic carbocycles. The van der Waals surface area contributed by atoms with E-state index in [-0.39, 0.29) is 11.9 Å². The number of amides is 1. The SMILES string of the molecule is CC(c1cc2ccccc2o1)N(C)C(=O)c1cc(-c2ccccc2)n[nH]1. The van der Waals surface area contributed by atoms with Crippen molar-refractivity contribution in [2.75, 3.05) is 7.05 Å². The van der Waals surface area contributed by atoms with Crippen LogP contribution in [0.25, 0.3) is 22.2 Å². The summed E-state index contributed by atoms with van der Waals surface area (Å²) in [5, 5.41) is 8.14. The van der Waals surface area contributed by atoms with Gasteiger partial charge in [0.1, 0.15) is 17.0 Å². The molecule has 2 aromatic heterocycles. The first kappa shape index (κ1) is 16.1. The Bertz CT molecular complexity index is 1020. The van der Waals surface area contributed by atoms with E-state index in [1.54, 1.807) is 18.0 Å². The zero-order valence-corrected chi connectivity index (χ0v) is 14.6. The van der Waals surface area contributed by atoms with Crippen LogP contribution in [0.4, 0.5) is 0 Å². The van der Waals surface area contributed by atoms with Gasteiger partial charge >= 0.3 is 0 Å². The summed E-state index contributed by atoms with van der Waals surface area (Å²) in [6.45, 7) is 1.95. The number of nitrogens with zero attached hydrogens (tertiary/aromatic N) is 2. The number of para-hydroxylation sites is 1. The van der Waals surface area contributed by atoms with E-state index in [4.69, 9.17) is 4.42 Å². The van der Waals surface area contributed by atoms with Gasteiger partial charge in [-0.25, -0.2) is 0 Å². The van der Waals surface area contributed by atoms with Gasteiger partial charge in [0.25, 0.3) is 5.91 Å². The Morgan fingerprint density at radius 1 is 1.08 bits per heavy atom. The number of carbonyl (C=O) groups excluding carboxylic acids is 1. The van der Waals surface area contributed by atoms with Gasteiger partial charge in [-0.1, -0.05) is 48.5 Å². The number of aromatic amines is 1. The molecule has 1 N–H and O–H groups in total.